The number of nitrogens with zero attached hydrogens (tertiary/aromatic N) is 7. The zero-order valence-electron chi connectivity index (χ0n) is 23.5. The van der Waals surface area contributed by atoms with E-state index in [0.717, 1.165) is 61.6 Å². The number of anilines is 2. The van der Waals surface area contributed by atoms with Crippen molar-refractivity contribution in [1.82, 2.24) is 30.1 Å². The Balaban J connectivity index is 1.31. The molecule has 1 atom stereocenters. The number of hydrogen-bond donors (Lipinski definition) is 1. The van der Waals surface area contributed by atoms with E-state index in [-0.39, 0.29) is 11.9 Å². The zero-order valence-corrected chi connectivity index (χ0v) is 23.5. The molecule has 10 nitrogen and oxygen atoms in total. The molecular formula is C29H40N8O2. The number of aromatic nitrogens is 3. The topological polar surface area (TPSA) is 90.0 Å². The van der Waals surface area contributed by atoms with Crippen LogP contribution in [0.3, 0.4) is 0 Å². The molecule has 0 radical (unpaired) electrons. The van der Waals surface area contributed by atoms with E-state index < -0.39 is 0 Å². The number of pyridine rings is 1. The van der Waals surface area contributed by atoms with Gasteiger partial charge in [-0.2, -0.15) is 0 Å². The summed E-state index contributed by atoms with van der Waals surface area (Å²) in [7, 11) is 3.84. The second-order valence-corrected chi connectivity index (χ2v) is 10.7. The highest BCUT2D eigenvalue weighted by Gasteiger charge is 2.25. The smallest absolute Gasteiger partial charge is 0.252 e. The first-order valence-electron chi connectivity index (χ1n) is 13.9. The molecular weight excluding hydrogens is 492 g/mol. The number of morpholine rings is 1. The Kier molecular flexibility index (Phi) is 8.54. The maximum atomic E-state index is 13.5. The number of fused-ring (bicyclic) bond motifs is 1. The minimum atomic E-state index is -0.107. The molecule has 0 saturated carbocycles. The number of amides is 1. The van der Waals surface area contributed by atoms with Gasteiger partial charge in [-0.15, -0.1) is 0 Å². The van der Waals surface area contributed by atoms with Gasteiger partial charge in [-0.05, 0) is 38.1 Å². The molecule has 0 aliphatic carbocycles. The molecule has 0 spiro atoms. The lowest BCUT2D eigenvalue weighted by Crippen LogP contribution is -2.49. The van der Waals surface area contributed by atoms with Gasteiger partial charge >= 0.3 is 0 Å². The molecule has 3 aromatic rings. The minimum Gasteiger partial charge on any atom is -0.379 e. The van der Waals surface area contributed by atoms with Gasteiger partial charge in [-0.1, -0.05) is 6.07 Å². The van der Waals surface area contributed by atoms with Gasteiger partial charge in [-0.3, -0.25) is 14.6 Å². The van der Waals surface area contributed by atoms with Crippen LogP contribution in [-0.2, 0) is 4.74 Å². The van der Waals surface area contributed by atoms with Crippen LogP contribution in [0.5, 0.6) is 0 Å². The fraction of sp³-hybridized carbons (Fsp3) is 0.517. The average molecular weight is 533 g/mol. The summed E-state index contributed by atoms with van der Waals surface area (Å²) in [5.74, 6) is 1.52. The van der Waals surface area contributed by atoms with E-state index in [0.29, 0.717) is 37.3 Å². The van der Waals surface area contributed by atoms with E-state index in [1.807, 2.05) is 61.7 Å². The molecule has 2 aromatic heterocycles. The summed E-state index contributed by atoms with van der Waals surface area (Å²) >= 11 is 0. The molecule has 1 amide bonds. The number of carbonyl (C=O) groups excluding carboxylic acids is 1. The molecule has 2 aliphatic heterocycles. The number of ether oxygens (including phenoxy) is 1. The van der Waals surface area contributed by atoms with Crippen molar-refractivity contribution in [2.75, 3.05) is 82.9 Å². The third-order valence-corrected chi connectivity index (χ3v) is 7.72. The highest BCUT2D eigenvalue weighted by atomic mass is 16.5. The monoisotopic (exact) mass is 532 g/mol. The second-order valence-electron chi connectivity index (χ2n) is 10.7. The zero-order chi connectivity index (χ0) is 27.4. The van der Waals surface area contributed by atoms with Crippen LogP contribution in [0.4, 0.5) is 11.8 Å². The van der Waals surface area contributed by atoms with Crippen LogP contribution in [0.15, 0.2) is 42.7 Å². The lowest BCUT2D eigenvalue weighted by molar-refractivity contribution is 0.0161. The number of hydrogen-bond acceptors (Lipinski definition) is 9. The molecule has 39 heavy (non-hydrogen) atoms. The minimum absolute atomic E-state index is 0.0433. The van der Waals surface area contributed by atoms with E-state index in [4.69, 9.17) is 9.72 Å². The largest absolute Gasteiger partial charge is 0.379 e. The van der Waals surface area contributed by atoms with Crippen molar-refractivity contribution in [3.63, 3.8) is 0 Å². The maximum Gasteiger partial charge on any atom is 0.252 e. The first-order valence-corrected chi connectivity index (χ1v) is 13.9. The Morgan fingerprint density at radius 1 is 0.974 bits per heavy atom. The SMILES string of the molecule is CC(C)N1CCN(c2ccc3c(C(=O)NCC(c4cnc(N(C)C)nc4)N4CCOCC4)cccc3n2)CC1. The van der Waals surface area contributed by atoms with Crippen LogP contribution in [0.1, 0.15) is 35.8 Å². The number of rotatable bonds is 8. The van der Waals surface area contributed by atoms with E-state index in [9.17, 15) is 4.79 Å². The first-order chi connectivity index (χ1) is 18.9. The average Bonchev–Trinajstić information content (AvgIpc) is 2.97. The molecule has 2 saturated heterocycles. The van der Waals surface area contributed by atoms with Crippen molar-refractivity contribution in [3.8, 4) is 0 Å². The molecule has 2 fully saturated rings. The molecule has 1 N–H and O–H groups in total. The number of piperazine rings is 1. The molecule has 1 aromatic carbocycles. The van der Waals surface area contributed by atoms with Crippen LogP contribution >= 0.6 is 0 Å². The molecule has 10 heteroatoms. The molecule has 2 aliphatic rings. The second kappa shape index (κ2) is 12.2. The third-order valence-electron chi connectivity index (χ3n) is 7.72. The van der Waals surface area contributed by atoms with Crippen molar-refractivity contribution < 1.29 is 9.53 Å². The van der Waals surface area contributed by atoms with Gasteiger partial charge in [0.05, 0.1) is 24.8 Å². The molecule has 208 valence electrons. The van der Waals surface area contributed by atoms with Gasteiger partial charge in [0.15, 0.2) is 0 Å². The number of nitrogens with one attached hydrogen (secondary N) is 1. The summed E-state index contributed by atoms with van der Waals surface area (Å²) in [6.45, 7) is 11.9. The highest BCUT2D eigenvalue weighted by Crippen LogP contribution is 2.24. The summed E-state index contributed by atoms with van der Waals surface area (Å²) in [5, 5.41) is 4.05. The van der Waals surface area contributed by atoms with Crippen molar-refractivity contribution in [2.24, 2.45) is 0 Å². The number of benzene rings is 1. The van der Waals surface area contributed by atoms with Crippen LogP contribution in [0, 0.1) is 0 Å². The normalized spacial score (nSPS) is 17.9. The van der Waals surface area contributed by atoms with Crippen molar-refractivity contribution in [2.45, 2.75) is 25.9 Å². The Morgan fingerprint density at radius 3 is 2.36 bits per heavy atom. The molecule has 0 bridgehead atoms. The van der Waals surface area contributed by atoms with Gasteiger partial charge < -0.3 is 19.9 Å². The lowest BCUT2D eigenvalue weighted by Gasteiger charge is -2.37. The summed E-state index contributed by atoms with van der Waals surface area (Å²) in [6, 6.07) is 10.4. The van der Waals surface area contributed by atoms with Crippen LogP contribution in [0.2, 0.25) is 0 Å². The summed E-state index contributed by atoms with van der Waals surface area (Å²) in [4.78, 5) is 36.5. The Labute approximate surface area is 231 Å². The van der Waals surface area contributed by atoms with E-state index in [2.05, 4.69) is 43.8 Å². The van der Waals surface area contributed by atoms with E-state index >= 15 is 0 Å². The van der Waals surface area contributed by atoms with E-state index in [1.54, 1.807) is 0 Å². The molecule has 1 unspecified atom stereocenters. The van der Waals surface area contributed by atoms with Crippen molar-refractivity contribution >= 4 is 28.6 Å². The summed E-state index contributed by atoms with van der Waals surface area (Å²) < 4.78 is 5.57. The lowest BCUT2D eigenvalue weighted by atomic mass is 10.1. The molecule has 4 heterocycles. The maximum absolute atomic E-state index is 13.5. The molecule has 5 rings (SSSR count). The highest BCUT2D eigenvalue weighted by molar-refractivity contribution is 6.06. The van der Waals surface area contributed by atoms with Crippen LogP contribution in [-0.4, -0.2) is 110 Å². The van der Waals surface area contributed by atoms with Gasteiger partial charge in [0, 0.05) is 94.9 Å². The standard InChI is InChI=1S/C29H40N8O2/c1-21(2)35-10-12-37(13-11-35)27-9-8-23-24(6-5-7-25(23)33-27)28(38)30-20-26(36-14-16-39-17-15-36)22-18-31-29(32-19-22)34(3)4/h5-9,18-19,21,26H,10-17,20H2,1-4H3,(H,30,38). The van der Waals surface area contributed by atoms with Crippen LogP contribution in [0.25, 0.3) is 10.9 Å². The fourth-order valence-corrected chi connectivity index (χ4v) is 5.35. The fourth-order valence-electron chi connectivity index (χ4n) is 5.35. The van der Waals surface area contributed by atoms with Gasteiger partial charge in [-0.25, -0.2) is 15.0 Å². The van der Waals surface area contributed by atoms with Crippen molar-refractivity contribution in [1.29, 1.82) is 0 Å². The third kappa shape index (κ3) is 6.29. The van der Waals surface area contributed by atoms with Gasteiger partial charge in [0.25, 0.3) is 5.91 Å². The van der Waals surface area contributed by atoms with E-state index in [1.165, 1.54) is 0 Å². The number of carbonyl (C=O) groups is 1. The Bertz CT molecular complexity index is 1250. The quantitative estimate of drug-likeness (QED) is 0.470. The van der Waals surface area contributed by atoms with Gasteiger partial charge in [0.1, 0.15) is 5.82 Å². The van der Waals surface area contributed by atoms with Gasteiger partial charge in [0.2, 0.25) is 5.95 Å². The Hall–Kier alpha value is -3.34. The predicted octanol–water partition coefficient (Wildman–Crippen LogP) is 2.42. The predicted molar refractivity (Wildman–Crippen MR) is 154 cm³/mol. The van der Waals surface area contributed by atoms with Crippen LogP contribution < -0.4 is 15.1 Å². The van der Waals surface area contributed by atoms with Crippen molar-refractivity contribution in [3.05, 3.63) is 53.9 Å². The Morgan fingerprint density at radius 2 is 1.69 bits per heavy atom. The summed E-state index contributed by atoms with van der Waals surface area (Å²) in [6.07, 6.45) is 3.72. The first kappa shape index (κ1) is 27.2. The summed E-state index contributed by atoms with van der Waals surface area (Å²) in [5.41, 5.74) is 2.45.